The topological polar surface area (TPSA) is 72.5 Å². The van der Waals surface area contributed by atoms with E-state index in [2.05, 4.69) is 4.90 Å². The van der Waals surface area contributed by atoms with Crippen LogP contribution in [-0.4, -0.2) is 59.5 Å². The summed E-state index contributed by atoms with van der Waals surface area (Å²) in [6.07, 6.45) is 0. The number of para-hydroxylation sites is 2. The van der Waals surface area contributed by atoms with E-state index in [4.69, 9.17) is 14.9 Å². The van der Waals surface area contributed by atoms with Gasteiger partial charge in [0.15, 0.2) is 0 Å². The van der Waals surface area contributed by atoms with Gasteiger partial charge in [0, 0.05) is 26.2 Å². The molecule has 0 spiro atoms. The Bertz CT molecular complexity index is 759. The summed E-state index contributed by atoms with van der Waals surface area (Å²) in [4.78, 5) is 14.2. The molecular weight excluding hydrogens is 308 g/mol. The standard InChI is InChI=1S/C17H24N4O3/c1-2-24-16(22)13-21-15-6-4-3-5-14(15)20(17(21)18)8-7-19-9-11-23-12-10-19/h3-6,18H,2,7-13H2,1H3. The Morgan fingerprint density at radius 1 is 1.17 bits per heavy atom. The lowest BCUT2D eigenvalue weighted by atomic mass is 10.3. The third kappa shape index (κ3) is 3.52. The zero-order valence-electron chi connectivity index (χ0n) is 14.0. The first-order valence-corrected chi connectivity index (χ1v) is 8.39. The smallest absolute Gasteiger partial charge is 0.326 e. The highest BCUT2D eigenvalue weighted by atomic mass is 16.5. The maximum atomic E-state index is 11.9. The quantitative estimate of drug-likeness (QED) is 0.795. The van der Waals surface area contributed by atoms with Crippen LogP contribution in [0.1, 0.15) is 6.92 Å². The molecule has 2 heterocycles. The van der Waals surface area contributed by atoms with Crippen LogP contribution < -0.4 is 5.62 Å². The lowest BCUT2D eigenvalue weighted by Crippen LogP contribution is -2.39. The van der Waals surface area contributed by atoms with E-state index < -0.39 is 0 Å². The average Bonchev–Trinajstić information content (AvgIpc) is 2.86. The van der Waals surface area contributed by atoms with Crippen molar-refractivity contribution in [3.8, 4) is 0 Å². The number of imidazole rings is 1. The first kappa shape index (κ1) is 16.7. The number of carbonyl (C=O) groups is 1. The van der Waals surface area contributed by atoms with Crippen LogP contribution in [0.15, 0.2) is 24.3 Å². The summed E-state index contributed by atoms with van der Waals surface area (Å²) in [6, 6.07) is 7.82. The molecule has 0 amide bonds. The van der Waals surface area contributed by atoms with Gasteiger partial charge in [-0.3, -0.25) is 19.7 Å². The number of carbonyl (C=O) groups excluding carboxylic acids is 1. The van der Waals surface area contributed by atoms with Gasteiger partial charge in [0.25, 0.3) is 0 Å². The number of morpholine rings is 1. The number of ether oxygens (including phenoxy) is 2. The van der Waals surface area contributed by atoms with Crippen molar-refractivity contribution in [2.75, 3.05) is 39.5 Å². The van der Waals surface area contributed by atoms with E-state index in [9.17, 15) is 4.79 Å². The third-order valence-electron chi connectivity index (χ3n) is 4.31. The molecule has 1 fully saturated rings. The van der Waals surface area contributed by atoms with E-state index >= 15 is 0 Å². The second-order valence-electron chi connectivity index (χ2n) is 5.81. The molecule has 1 aliphatic heterocycles. The second-order valence-corrected chi connectivity index (χ2v) is 5.81. The van der Waals surface area contributed by atoms with Crippen molar-refractivity contribution in [2.45, 2.75) is 20.0 Å². The third-order valence-corrected chi connectivity index (χ3v) is 4.31. The summed E-state index contributed by atoms with van der Waals surface area (Å²) in [5, 5.41) is 8.49. The van der Waals surface area contributed by atoms with Crippen molar-refractivity contribution in [2.24, 2.45) is 0 Å². The van der Waals surface area contributed by atoms with Crippen molar-refractivity contribution in [3.05, 3.63) is 29.9 Å². The van der Waals surface area contributed by atoms with Crippen LogP contribution >= 0.6 is 0 Å². The van der Waals surface area contributed by atoms with Crippen LogP contribution in [0.25, 0.3) is 11.0 Å². The molecule has 1 saturated heterocycles. The summed E-state index contributed by atoms with van der Waals surface area (Å²) in [7, 11) is 0. The fourth-order valence-corrected chi connectivity index (χ4v) is 3.08. The monoisotopic (exact) mass is 332 g/mol. The summed E-state index contributed by atoms with van der Waals surface area (Å²) in [5.41, 5.74) is 2.19. The fraction of sp³-hybridized carbons (Fsp3) is 0.529. The number of rotatable bonds is 6. The Morgan fingerprint density at radius 2 is 1.83 bits per heavy atom. The number of hydrogen-bond acceptors (Lipinski definition) is 5. The summed E-state index contributed by atoms with van der Waals surface area (Å²) in [6.45, 7) is 7.18. The minimum atomic E-state index is -0.313. The summed E-state index contributed by atoms with van der Waals surface area (Å²) < 4.78 is 14.1. The normalized spacial score (nSPS) is 15.7. The van der Waals surface area contributed by atoms with Gasteiger partial charge in [-0.2, -0.15) is 0 Å². The molecule has 0 radical (unpaired) electrons. The Hall–Kier alpha value is -2.12. The Kier molecular flexibility index (Phi) is 5.32. The Balaban J connectivity index is 1.85. The minimum absolute atomic E-state index is 0.0672. The number of hydrogen-bond donors (Lipinski definition) is 1. The van der Waals surface area contributed by atoms with Gasteiger partial charge in [-0.1, -0.05) is 12.1 Å². The van der Waals surface area contributed by atoms with Crippen LogP contribution in [-0.2, 0) is 27.4 Å². The molecule has 0 atom stereocenters. The molecule has 24 heavy (non-hydrogen) atoms. The van der Waals surface area contributed by atoms with Gasteiger partial charge in [-0.15, -0.1) is 0 Å². The van der Waals surface area contributed by atoms with Crippen LogP contribution in [0.3, 0.4) is 0 Å². The predicted octanol–water partition coefficient (Wildman–Crippen LogP) is 0.818. The van der Waals surface area contributed by atoms with E-state index in [0.29, 0.717) is 12.2 Å². The molecule has 7 nitrogen and oxygen atoms in total. The average molecular weight is 332 g/mol. The highest BCUT2D eigenvalue weighted by Gasteiger charge is 2.15. The number of benzene rings is 1. The predicted molar refractivity (Wildman–Crippen MR) is 89.7 cm³/mol. The molecule has 1 N–H and O–H groups in total. The summed E-state index contributed by atoms with van der Waals surface area (Å²) >= 11 is 0. The molecule has 130 valence electrons. The molecule has 1 aromatic carbocycles. The van der Waals surface area contributed by atoms with E-state index in [0.717, 1.165) is 50.4 Å². The molecular formula is C17H24N4O3. The van der Waals surface area contributed by atoms with Gasteiger partial charge in [-0.05, 0) is 19.1 Å². The zero-order chi connectivity index (χ0) is 16.9. The lowest BCUT2D eigenvalue weighted by molar-refractivity contribution is -0.143. The first-order chi connectivity index (χ1) is 11.7. The van der Waals surface area contributed by atoms with Crippen LogP contribution in [0, 0.1) is 5.41 Å². The van der Waals surface area contributed by atoms with Crippen LogP contribution in [0.2, 0.25) is 0 Å². The van der Waals surface area contributed by atoms with Crippen molar-refractivity contribution in [3.63, 3.8) is 0 Å². The van der Waals surface area contributed by atoms with Crippen molar-refractivity contribution >= 4 is 17.0 Å². The second kappa shape index (κ2) is 7.63. The summed E-state index contributed by atoms with van der Waals surface area (Å²) in [5.74, 6) is -0.313. The van der Waals surface area contributed by atoms with Gasteiger partial charge in [-0.25, -0.2) is 0 Å². The molecule has 0 saturated carbocycles. The van der Waals surface area contributed by atoms with Gasteiger partial charge in [0.05, 0.1) is 30.9 Å². The Morgan fingerprint density at radius 3 is 2.50 bits per heavy atom. The number of aromatic nitrogens is 2. The molecule has 3 rings (SSSR count). The van der Waals surface area contributed by atoms with Crippen molar-refractivity contribution in [1.82, 2.24) is 14.0 Å². The highest BCUT2D eigenvalue weighted by molar-refractivity contribution is 5.78. The van der Waals surface area contributed by atoms with Crippen LogP contribution in [0.5, 0.6) is 0 Å². The van der Waals surface area contributed by atoms with E-state index in [1.165, 1.54) is 0 Å². The fourth-order valence-electron chi connectivity index (χ4n) is 3.08. The molecule has 7 heteroatoms. The molecule has 2 aromatic rings. The number of esters is 1. The van der Waals surface area contributed by atoms with E-state index in [1.54, 1.807) is 11.5 Å². The van der Waals surface area contributed by atoms with Gasteiger partial charge in [0.2, 0.25) is 5.62 Å². The molecule has 0 bridgehead atoms. The van der Waals surface area contributed by atoms with E-state index in [1.807, 2.05) is 28.8 Å². The molecule has 1 aromatic heterocycles. The molecule has 0 aliphatic carbocycles. The molecule has 0 unspecified atom stereocenters. The SMILES string of the molecule is CCOC(=O)Cn1c(=N)n(CCN2CCOCC2)c2ccccc21. The zero-order valence-corrected chi connectivity index (χ0v) is 14.0. The van der Waals surface area contributed by atoms with Crippen molar-refractivity contribution < 1.29 is 14.3 Å². The largest absolute Gasteiger partial charge is 0.465 e. The lowest BCUT2D eigenvalue weighted by Gasteiger charge is -2.26. The minimum Gasteiger partial charge on any atom is -0.465 e. The maximum absolute atomic E-state index is 11.9. The molecule has 1 aliphatic rings. The van der Waals surface area contributed by atoms with Gasteiger partial charge >= 0.3 is 5.97 Å². The van der Waals surface area contributed by atoms with Crippen molar-refractivity contribution in [1.29, 1.82) is 5.41 Å². The number of nitrogens with one attached hydrogen (secondary N) is 1. The Labute approximate surface area is 140 Å². The number of nitrogens with zero attached hydrogens (tertiary/aromatic N) is 3. The highest BCUT2D eigenvalue weighted by Crippen LogP contribution is 2.13. The first-order valence-electron chi connectivity index (χ1n) is 8.39. The van der Waals surface area contributed by atoms with Gasteiger partial charge < -0.3 is 14.0 Å². The van der Waals surface area contributed by atoms with E-state index in [-0.39, 0.29) is 12.5 Å². The van der Waals surface area contributed by atoms with Crippen LogP contribution in [0.4, 0.5) is 0 Å². The number of fused-ring (bicyclic) bond motifs is 1. The maximum Gasteiger partial charge on any atom is 0.326 e. The van der Waals surface area contributed by atoms with Gasteiger partial charge in [0.1, 0.15) is 6.54 Å².